The average molecular weight is 572 g/mol. The van der Waals surface area contributed by atoms with E-state index in [4.69, 9.17) is 22.1 Å². The standard InChI is InChI=1S/C34H38ClN3O3/c1-41-19-5-4-17-34(40,28-9-7-18-38(23-28)33(39)25-15-13-24(21-36)14-16-25)29-10-6-11-30(35)32(29)27-20-26-8-2-3-12-31(26)37-22-27/h2-3,6,8,10-16,20,22,28,40H,4-5,7,9,17-19,21,23,36H2,1H3/t28?,34-/m0/s1. The normalized spacial score (nSPS) is 17.0. The number of pyridine rings is 1. The molecule has 1 aliphatic rings. The molecule has 1 fully saturated rings. The highest BCUT2D eigenvalue weighted by Gasteiger charge is 2.43. The van der Waals surface area contributed by atoms with E-state index < -0.39 is 5.60 Å². The van der Waals surface area contributed by atoms with Crippen LogP contribution in [0.15, 0.2) is 79.0 Å². The Labute approximate surface area is 247 Å². The van der Waals surface area contributed by atoms with Gasteiger partial charge in [-0.25, -0.2) is 0 Å². The summed E-state index contributed by atoms with van der Waals surface area (Å²) >= 11 is 6.90. The fourth-order valence-corrected chi connectivity index (χ4v) is 6.39. The molecule has 1 unspecified atom stereocenters. The van der Waals surface area contributed by atoms with Crippen LogP contribution in [0.5, 0.6) is 0 Å². The van der Waals surface area contributed by atoms with Crippen LogP contribution >= 0.6 is 11.6 Å². The van der Waals surface area contributed by atoms with Crippen LogP contribution < -0.4 is 5.73 Å². The third kappa shape index (κ3) is 6.31. The van der Waals surface area contributed by atoms with Crippen LogP contribution in [-0.2, 0) is 16.9 Å². The summed E-state index contributed by atoms with van der Waals surface area (Å²) in [6, 6.07) is 23.3. The van der Waals surface area contributed by atoms with Crippen molar-refractivity contribution in [2.24, 2.45) is 11.7 Å². The number of rotatable bonds is 10. The van der Waals surface area contributed by atoms with Gasteiger partial charge < -0.3 is 20.5 Å². The first kappa shape index (κ1) is 29.2. The number of amides is 1. The average Bonchev–Trinajstić information content (AvgIpc) is 3.02. The number of piperidine rings is 1. The highest BCUT2D eigenvalue weighted by atomic mass is 35.5. The van der Waals surface area contributed by atoms with Crippen molar-refractivity contribution in [2.75, 3.05) is 26.8 Å². The zero-order chi connectivity index (χ0) is 28.8. The highest BCUT2D eigenvalue weighted by molar-refractivity contribution is 6.33. The Morgan fingerprint density at radius 2 is 1.93 bits per heavy atom. The first-order valence-corrected chi connectivity index (χ1v) is 14.8. The van der Waals surface area contributed by atoms with Crippen molar-refractivity contribution >= 4 is 28.4 Å². The predicted molar refractivity (Wildman–Crippen MR) is 165 cm³/mol. The molecule has 0 bridgehead atoms. The van der Waals surface area contributed by atoms with Gasteiger partial charge in [0.1, 0.15) is 0 Å². The number of likely N-dealkylation sites (tertiary alicyclic amines) is 1. The van der Waals surface area contributed by atoms with Crippen LogP contribution in [0.3, 0.4) is 0 Å². The minimum atomic E-state index is -1.21. The lowest BCUT2D eigenvalue weighted by Crippen LogP contribution is -2.48. The van der Waals surface area contributed by atoms with Crippen LogP contribution in [0.4, 0.5) is 0 Å². The maximum absolute atomic E-state index is 13.5. The Balaban J connectivity index is 1.52. The van der Waals surface area contributed by atoms with Crippen LogP contribution in [0.25, 0.3) is 22.0 Å². The predicted octanol–water partition coefficient (Wildman–Crippen LogP) is 6.57. The SMILES string of the molecule is COCCCC[C@@](O)(c1cccc(Cl)c1-c1cnc2ccccc2c1)C1CCCN(C(=O)c2ccc(CN)cc2)C1. The molecule has 3 aromatic carbocycles. The minimum absolute atomic E-state index is 0.0231. The molecule has 5 rings (SSSR count). The number of aliphatic hydroxyl groups is 1. The molecule has 214 valence electrons. The van der Waals surface area contributed by atoms with Crippen molar-refractivity contribution in [1.82, 2.24) is 9.88 Å². The third-order valence-corrected chi connectivity index (χ3v) is 8.65. The fourth-order valence-electron chi connectivity index (χ4n) is 6.10. The molecule has 3 N–H and O–H groups in total. The number of benzene rings is 3. The molecule has 1 amide bonds. The molecule has 0 aliphatic carbocycles. The Bertz CT molecular complexity index is 1490. The van der Waals surface area contributed by atoms with Gasteiger partial charge in [-0.05, 0) is 73.6 Å². The molecular formula is C34H38ClN3O3. The molecule has 7 heteroatoms. The Morgan fingerprint density at radius 3 is 2.71 bits per heavy atom. The molecule has 0 radical (unpaired) electrons. The Hall–Kier alpha value is -3.29. The zero-order valence-electron chi connectivity index (χ0n) is 23.6. The van der Waals surface area contributed by atoms with E-state index in [9.17, 15) is 9.90 Å². The first-order chi connectivity index (χ1) is 19.9. The molecule has 6 nitrogen and oxygen atoms in total. The third-order valence-electron chi connectivity index (χ3n) is 8.34. The number of nitrogens with two attached hydrogens (primary N) is 1. The number of halogens is 1. The van der Waals surface area contributed by atoms with E-state index in [0.717, 1.165) is 58.8 Å². The quantitative estimate of drug-likeness (QED) is 0.210. The van der Waals surface area contributed by atoms with Crippen LogP contribution in [0, 0.1) is 5.92 Å². The molecular weight excluding hydrogens is 534 g/mol. The van der Waals surface area contributed by atoms with Crippen molar-refractivity contribution in [3.05, 3.63) is 101 Å². The lowest BCUT2D eigenvalue weighted by Gasteiger charge is -2.44. The summed E-state index contributed by atoms with van der Waals surface area (Å²) in [5, 5.41) is 14.3. The van der Waals surface area contributed by atoms with E-state index in [2.05, 4.69) is 11.1 Å². The summed E-state index contributed by atoms with van der Waals surface area (Å²) in [6.45, 7) is 2.18. The highest BCUT2D eigenvalue weighted by Crippen LogP contribution is 2.46. The summed E-state index contributed by atoms with van der Waals surface area (Å²) in [4.78, 5) is 20.1. The zero-order valence-corrected chi connectivity index (χ0v) is 24.3. The number of hydrogen-bond acceptors (Lipinski definition) is 5. The van der Waals surface area contributed by atoms with E-state index in [1.807, 2.05) is 77.8 Å². The first-order valence-electron chi connectivity index (χ1n) is 14.4. The van der Waals surface area contributed by atoms with Crippen LogP contribution in [-0.4, -0.2) is 47.7 Å². The van der Waals surface area contributed by atoms with Gasteiger partial charge in [0.15, 0.2) is 0 Å². The summed E-state index contributed by atoms with van der Waals surface area (Å²) < 4.78 is 5.30. The smallest absolute Gasteiger partial charge is 0.253 e. The van der Waals surface area contributed by atoms with Crippen molar-refractivity contribution < 1.29 is 14.6 Å². The van der Waals surface area contributed by atoms with Gasteiger partial charge >= 0.3 is 0 Å². The number of para-hydroxylation sites is 1. The van der Waals surface area contributed by atoms with E-state index in [1.54, 1.807) is 7.11 Å². The Morgan fingerprint density at radius 1 is 1.12 bits per heavy atom. The van der Waals surface area contributed by atoms with Crippen molar-refractivity contribution in [1.29, 1.82) is 0 Å². The van der Waals surface area contributed by atoms with Crippen molar-refractivity contribution in [2.45, 2.75) is 44.2 Å². The van der Waals surface area contributed by atoms with Gasteiger partial charge in [-0.3, -0.25) is 9.78 Å². The number of nitrogens with zero attached hydrogens (tertiary/aromatic N) is 2. The number of carbonyl (C=O) groups excluding carboxylic acids is 1. The van der Waals surface area contributed by atoms with Crippen molar-refractivity contribution in [3.63, 3.8) is 0 Å². The number of unbranched alkanes of at least 4 members (excludes halogenated alkanes) is 1. The van der Waals surface area contributed by atoms with Crippen molar-refractivity contribution in [3.8, 4) is 11.1 Å². The van der Waals surface area contributed by atoms with Gasteiger partial charge in [0.25, 0.3) is 5.91 Å². The van der Waals surface area contributed by atoms with Gasteiger partial charge in [-0.1, -0.05) is 54.1 Å². The molecule has 1 aromatic heterocycles. The molecule has 2 heterocycles. The number of carbonyl (C=O) groups is 1. The summed E-state index contributed by atoms with van der Waals surface area (Å²) in [7, 11) is 1.69. The Kier molecular flexibility index (Phi) is 9.35. The lowest BCUT2D eigenvalue weighted by molar-refractivity contribution is -0.0574. The maximum Gasteiger partial charge on any atom is 0.253 e. The topological polar surface area (TPSA) is 88.7 Å². The number of ether oxygens (including phenoxy) is 1. The van der Waals surface area contributed by atoms with Crippen LogP contribution in [0.1, 0.15) is 53.6 Å². The second-order valence-electron chi connectivity index (χ2n) is 10.9. The summed E-state index contributed by atoms with van der Waals surface area (Å²) in [5.41, 5.74) is 9.51. The van der Waals surface area contributed by atoms with E-state index >= 15 is 0 Å². The molecule has 4 aromatic rings. The van der Waals surface area contributed by atoms with E-state index in [-0.39, 0.29) is 11.8 Å². The number of aromatic nitrogens is 1. The molecule has 1 aliphatic heterocycles. The number of fused-ring (bicyclic) bond motifs is 1. The van der Waals surface area contributed by atoms with Gasteiger partial charge in [0.05, 0.1) is 11.1 Å². The molecule has 0 saturated carbocycles. The van der Waals surface area contributed by atoms with Gasteiger partial charge in [-0.15, -0.1) is 0 Å². The van der Waals surface area contributed by atoms with Gasteiger partial charge in [0.2, 0.25) is 0 Å². The molecule has 2 atom stereocenters. The van der Waals surface area contributed by atoms with E-state index in [0.29, 0.717) is 43.2 Å². The fraction of sp³-hybridized carbons (Fsp3) is 0.353. The number of hydrogen-bond donors (Lipinski definition) is 2. The molecule has 1 saturated heterocycles. The van der Waals surface area contributed by atoms with Crippen LogP contribution in [0.2, 0.25) is 5.02 Å². The largest absolute Gasteiger partial charge is 0.385 e. The minimum Gasteiger partial charge on any atom is -0.385 e. The van der Waals surface area contributed by atoms with Gasteiger partial charge in [-0.2, -0.15) is 0 Å². The monoisotopic (exact) mass is 571 g/mol. The second kappa shape index (κ2) is 13.1. The van der Waals surface area contributed by atoms with E-state index in [1.165, 1.54) is 0 Å². The second-order valence-corrected chi connectivity index (χ2v) is 11.4. The lowest BCUT2D eigenvalue weighted by atomic mass is 9.72. The molecule has 0 spiro atoms. The summed E-state index contributed by atoms with van der Waals surface area (Å²) in [6.07, 6.45) is 5.58. The van der Waals surface area contributed by atoms with Gasteiger partial charge in [0, 0.05) is 72.6 Å². The maximum atomic E-state index is 13.5. The summed E-state index contributed by atoms with van der Waals surface area (Å²) in [5.74, 6) is -0.193. The number of methoxy groups -OCH3 is 1. The molecule has 41 heavy (non-hydrogen) atoms.